The molecule has 2 aliphatic rings. The summed E-state index contributed by atoms with van der Waals surface area (Å²) in [7, 11) is 0. The molecule has 0 aromatic heterocycles. The van der Waals surface area contributed by atoms with E-state index in [-0.39, 0.29) is 28.8 Å². The van der Waals surface area contributed by atoms with E-state index in [4.69, 9.17) is 0 Å². The molecule has 0 saturated carbocycles. The molecule has 4 unspecified atom stereocenters. The first-order valence-electron chi connectivity index (χ1n) is 9.40. The van der Waals surface area contributed by atoms with E-state index in [0.717, 1.165) is 18.6 Å². The van der Waals surface area contributed by atoms with Gasteiger partial charge in [-0.1, -0.05) is 68.4 Å². The van der Waals surface area contributed by atoms with E-state index in [1.54, 1.807) is 11.8 Å². The van der Waals surface area contributed by atoms with Gasteiger partial charge in [0.05, 0.1) is 5.92 Å². The lowest BCUT2D eigenvalue weighted by Gasteiger charge is -2.50. The second-order valence-electron chi connectivity index (χ2n) is 7.69. The number of rotatable bonds is 4. The highest BCUT2D eigenvalue weighted by molar-refractivity contribution is 7.99. The highest BCUT2D eigenvalue weighted by atomic mass is 32.2. The van der Waals surface area contributed by atoms with E-state index in [0.29, 0.717) is 0 Å². The van der Waals surface area contributed by atoms with Gasteiger partial charge in [0.2, 0.25) is 5.91 Å². The lowest BCUT2D eigenvalue weighted by molar-refractivity contribution is -0.134. The van der Waals surface area contributed by atoms with Gasteiger partial charge in [0.15, 0.2) is 0 Å². The SMILES string of the molecule is CCC1(C)Cc2ccccc2C2NC(SCc3ccccc3)NC(=O)C21. The van der Waals surface area contributed by atoms with E-state index in [2.05, 4.69) is 73.0 Å². The number of benzene rings is 2. The zero-order valence-corrected chi connectivity index (χ0v) is 16.2. The molecule has 1 saturated heterocycles. The van der Waals surface area contributed by atoms with Crippen molar-refractivity contribution in [3.63, 3.8) is 0 Å². The van der Waals surface area contributed by atoms with Crippen LogP contribution in [0.3, 0.4) is 0 Å². The first-order chi connectivity index (χ1) is 12.6. The maximum Gasteiger partial charge on any atom is 0.227 e. The first-order valence-corrected chi connectivity index (χ1v) is 10.5. The summed E-state index contributed by atoms with van der Waals surface area (Å²) in [6.45, 7) is 4.47. The Morgan fingerprint density at radius 1 is 1.12 bits per heavy atom. The van der Waals surface area contributed by atoms with Crippen LogP contribution in [0.2, 0.25) is 0 Å². The number of nitrogens with one attached hydrogen (secondary N) is 2. The molecule has 4 heteroatoms. The summed E-state index contributed by atoms with van der Waals surface area (Å²) in [5.74, 6) is 1.05. The normalized spacial score (nSPS) is 30.2. The summed E-state index contributed by atoms with van der Waals surface area (Å²) < 4.78 is 0. The fraction of sp³-hybridized carbons (Fsp3) is 0.409. The molecule has 136 valence electrons. The minimum absolute atomic E-state index is 0.00876. The average Bonchev–Trinajstić information content (AvgIpc) is 2.67. The quantitative estimate of drug-likeness (QED) is 0.850. The van der Waals surface area contributed by atoms with Crippen molar-refractivity contribution in [1.82, 2.24) is 10.6 Å². The van der Waals surface area contributed by atoms with Crippen molar-refractivity contribution in [1.29, 1.82) is 0 Å². The Labute approximate surface area is 160 Å². The molecule has 1 fully saturated rings. The van der Waals surface area contributed by atoms with Gasteiger partial charge in [-0.2, -0.15) is 0 Å². The van der Waals surface area contributed by atoms with Gasteiger partial charge < -0.3 is 5.32 Å². The molecular formula is C22H26N2OS. The number of carbonyl (C=O) groups excluding carboxylic acids is 1. The third-order valence-corrected chi connectivity index (χ3v) is 7.11. The molecule has 26 heavy (non-hydrogen) atoms. The molecular weight excluding hydrogens is 340 g/mol. The van der Waals surface area contributed by atoms with Crippen LogP contribution in [0.5, 0.6) is 0 Å². The largest absolute Gasteiger partial charge is 0.331 e. The zero-order valence-electron chi connectivity index (χ0n) is 15.4. The highest BCUT2D eigenvalue weighted by Gasteiger charge is 2.50. The van der Waals surface area contributed by atoms with Crippen molar-refractivity contribution in [3.8, 4) is 0 Å². The number of thioether (sulfide) groups is 1. The topological polar surface area (TPSA) is 41.1 Å². The zero-order chi connectivity index (χ0) is 18.1. The van der Waals surface area contributed by atoms with Crippen LogP contribution in [-0.2, 0) is 17.0 Å². The van der Waals surface area contributed by atoms with Gasteiger partial charge in [0.1, 0.15) is 5.50 Å². The van der Waals surface area contributed by atoms with E-state index in [1.165, 1.54) is 16.7 Å². The van der Waals surface area contributed by atoms with Crippen LogP contribution in [0.25, 0.3) is 0 Å². The van der Waals surface area contributed by atoms with Crippen molar-refractivity contribution < 1.29 is 4.79 Å². The molecule has 4 atom stereocenters. The monoisotopic (exact) mass is 366 g/mol. The van der Waals surface area contributed by atoms with Crippen molar-refractivity contribution in [2.75, 3.05) is 0 Å². The second kappa shape index (κ2) is 7.09. The molecule has 0 spiro atoms. The standard InChI is InChI=1S/C22H26N2OS/c1-3-22(2)13-16-11-7-8-12-17(16)19-18(22)20(25)24-21(23-19)26-14-15-9-5-4-6-10-15/h4-12,18-19,21,23H,3,13-14H2,1-2H3,(H,24,25). The molecule has 2 aromatic carbocycles. The number of fused-ring (bicyclic) bond motifs is 3. The Balaban J connectivity index is 1.58. The molecule has 0 bridgehead atoms. The molecule has 0 radical (unpaired) electrons. The van der Waals surface area contributed by atoms with Gasteiger partial charge in [-0.15, -0.1) is 11.8 Å². The van der Waals surface area contributed by atoms with Gasteiger partial charge in [0.25, 0.3) is 0 Å². The van der Waals surface area contributed by atoms with Gasteiger partial charge in [-0.25, -0.2) is 0 Å². The Bertz CT molecular complexity index is 794. The average molecular weight is 367 g/mol. The molecule has 1 amide bonds. The van der Waals surface area contributed by atoms with Crippen LogP contribution in [0.1, 0.15) is 43.0 Å². The Hall–Kier alpha value is -1.78. The van der Waals surface area contributed by atoms with Gasteiger partial charge in [-0.05, 0) is 34.9 Å². The maximum atomic E-state index is 13.1. The molecule has 1 aliphatic carbocycles. The van der Waals surface area contributed by atoms with Gasteiger partial charge in [0, 0.05) is 11.8 Å². The fourth-order valence-electron chi connectivity index (χ4n) is 4.39. The van der Waals surface area contributed by atoms with Crippen molar-refractivity contribution in [3.05, 3.63) is 71.3 Å². The third-order valence-electron chi connectivity index (χ3n) is 6.02. The van der Waals surface area contributed by atoms with Gasteiger partial charge in [-0.3, -0.25) is 10.1 Å². The maximum absolute atomic E-state index is 13.1. The van der Waals surface area contributed by atoms with Crippen molar-refractivity contribution in [2.45, 2.75) is 44.0 Å². The van der Waals surface area contributed by atoms with Crippen LogP contribution in [-0.4, -0.2) is 11.4 Å². The molecule has 1 aliphatic heterocycles. The smallest absolute Gasteiger partial charge is 0.227 e. The predicted octanol–water partition coefficient (Wildman–Crippen LogP) is 4.25. The molecule has 3 nitrogen and oxygen atoms in total. The summed E-state index contributed by atoms with van der Waals surface area (Å²) in [5.41, 5.74) is 3.88. The van der Waals surface area contributed by atoms with Crippen LogP contribution < -0.4 is 10.6 Å². The third kappa shape index (κ3) is 3.17. The van der Waals surface area contributed by atoms with Crippen molar-refractivity contribution >= 4 is 17.7 Å². The molecule has 2 N–H and O–H groups in total. The number of hydrogen-bond acceptors (Lipinski definition) is 3. The predicted molar refractivity (Wildman–Crippen MR) is 108 cm³/mol. The molecule has 2 aromatic rings. The summed E-state index contributed by atoms with van der Waals surface area (Å²) in [6, 6.07) is 19.1. The summed E-state index contributed by atoms with van der Waals surface area (Å²) in [4.78, 5) is 13.1. The Kier molecular flexibility index (Phi) is 4.80. The van der Waals surface area contributed by atoms with Crippen LogP contribution in [0, 0.1) is 11.3 Å². The van der Waals surface area contributed by atoms with Crippen molar-refractivity contribution in [2.24, 2.45) is 11.3 Å². The van der Waals surface area contributed by atoms with E-state index in [1.807, 2.05) is 6.07 Å². The number of amides is 1. The summed E-state index contributed by atoms with van der Waals surface area (Å²) in [5, 5.41) is 6.95. The molecule has 1 heterocycles. The summed E-state index contributed by atoms with van der Waals surface area (Å²) >= 11 is 1.75. The minimum Gasteiger partial charge on any atom is -0.331 e. The van der Waals surface area contributed by atoms with Crippen LogP contribution in [0.4, 0.5) is 0 Å². The summed E-state index contributed by atoms with van der Waals surface area (Å²) in [6.07, 6.45) is 1.97. The lowest BCUT2D eigenvalue weighted by Crippen LogP contribution is -2.61. The fourth-order valence-corrected chi connectivity index (χ4v) is 5.39. The van der Waals surface area contributed by atoms with Gasteiger partial charge >= 0.3 is 0 Å². The lowest BCUT2D eigenvalue weighted by atomic mass is 9.61. The van der Waals surface area contributed by atoms with E-state index in [9.17, 15) is 4.79 Å². The molecule has 4 rings (SSSR count). The number of hydrogen-bond donors (Lipinski definition) is 2. The van der Waals surface area contributed by atoms with E-state index >= 15 is 0 Å². The number of carbonyl (C=O) groups is 1. The highest BCUT2D eigenvalue weighted by Crippen LogP contribution is 2.49. The second-order valence-corrected chi connectivity index (χ2v) is 8.78. The minimum atomic E-state index is -0.0591. The Morgan fingerprint density at radius 3 is 2.62 bits per heavy atom. The van der Waals surface area contributed by atoms with Crippen LogP contribution >= 0.6 is 11.8 Å². The Morgan fingerprint density at radius 2 is 1.85 bits per heavy atom. The van der Waals surface area contributed by atoms with Crippen LogP contribution in [0.15, 0.2) is 54.6 Å². The van der Waals surface area contributed by atoms with E-state index < -0.39 is 0 Å². The first kappa shape index (κ1) is 17.6.